The van der Waals surface area contributed by atoms with Crippen LogP contribution in [0.2, 0.25) is 5.02 Å². The van der Waals surface area contributed by atoms with Crippen molar-refractivity contribution in [1.82, 2.24) is 9.47 Å². The molecule has 4 heteroatoms. The Morgan fingerprint density at radius 1 is 1.20 bits per heavy atom. The van der Waals surface area contributed by atoms with Gasteiger partial charge in [-0.15, -0.1) is 0 Å². The van der Waals surface area contributed by atoms with Crippen molar-refractivity contribution in [3.63, 3.8) is 0 Å². The average molecular weight is 291 g/mol. The van der Waals surface area contributed by atoms with Gasteiger partial charge in [-0.2, -0.15) is 0 Å². The largest absolute Gasteiger partial charge is 0.492 e. The third kappa shape index (κ3) is 2.84. The van der Waals surface area contributed by atoms with Crippen LogP contribution < -0.4 is 4.74 Å². The van der Waals surface area contributed by atoms with Gasteiger partial charge in [0.15, 0.2) is 0 Å². The monoisotopic (exact) mass is 290 g/mol. The van der Waals surface area contributed by atoms with E-state index < -0.39 is 0 Å². The molecule has 2 aromatic rings. The summed E-state index contributed by atoms with van der Waals surface area (Å²) >= 11 is 5.86. The minimum absolute atomic E-state index is 0.451. The van der Waals surface area contributed by atoms with Gasteiger partial charge < -0.3 is 9.30 Å². The van der Waals surface area contributed by atoms with Crippen molar-refractivity contribution < 1.29 is 4.74 Å². The molecular weight excluding hydrogens is 272 g/mol. The lowest BCUT2D eigenvalue weighted by Gasteiger charge is -2.34. The Kier molecular flexibility index (Phi) is 3.99. The fraction of sp³-hybridized carbons (Fsp3) is 0.375. The van der Waals surface area contributed by atoms with Gasteiger partial charge in [-0.3, -0.25) is 4.90 Å². The van der Waals surface area contributed by atoms with Crippen LogP contribution in [0, 0.1) is 0 Å². The summed E-state index contributed by atoms with van der Waals surface area (Å²) in [5.74, 6) is 0.877. The Bertz CT molecular complexity index is 564. The van der Waals surface area contributed by atoms with E-state index >= 15 is 0 Å². The molecule has 0 fully saturated rings. The van der Waals surface area contributed by atoms with Gasteiger partial charge in [0, 0.05) is 42.6 Å². The quantitative estimate of drug-likeness (QED) is 0.856. The molecule has 0 aliphatic carbocycles. The highest BCUT2D eigenvalue weighted by Gasteiger charge is 2.22. The van der Waals surface area contributed by atoms with E-state index in [1.807, 2.05) is 24.3 Å². The second-order valence-electron chi connectivity index (χ2n) is 5.14. The number of halogens is 1. The Morgan fingerprint density at radius 3 is 2.80 bits per heavy atom. The number of rotatable bonds is 4. The van der Waals surface area contributed by atoms with E-state index in [1.54, 1.807) is 0 Å². The van der Waals surface area contributed by atoms with Gasteiger partial charge in [-0.25, -0.2) is 0 Å². The molecule has 3 nitrogen and oxygen atoms in total. The first-order chi connectivity index (χ1) is 9.74. The van der Waals surface area contributed by atoms with E-state index in [0.717, 1.165) is 30.4 Å². The summed E-state index contributed by atoms with van der Waals surface area (Å²) in [5.41, 5.74) is 1.39. The maximum Gasteiger partial charge on any atom is 0.119 e. The molecule has 0 amide bonds. The number of fused-ring (bicyclic) bond motifs is 1. The molecular formula is C16H19ClN2O. The van der Waals surface area contributed by atoms with Crippen molar-refractivity contribution in [3.8, 4) is 5.75 Å². The zero-order valence-electron chi connectivity index (χ0n) is 11.6. The number of nitrogens with zero attached hydrogens (tertiary/aromatic N) is 2. The predicted molar refractivity (Wildman–Crippen MR) is 81.4 cm³/mol. The van der Waals surface area contributed by atoms with Crippen molar-refractivity contribution in [2.45, 2.75) is 19.5 Å². The molecule has 0 saturated carbocycles. The zero-order valence-corrected chi connectivity index (χ0v) is 12.4. The average Bonchev–Trinajstić information content (AvgIpc) is 2.93. The molecule has 1 atom stereocenters. The van der Waals surface area contributed by atoms with Crippen molar-refractivity contribution in [2.75, 3.05) is 19.7 Å². The molecule has 3 rings (SSSR count). The molecule has 1 aliphatic rings. The van der Waals surface area contributed by atoms with E-state index in [1.165, 1.54) is 5.69 Å². The van der Waals surface area contributed by atoms with Gasteiger partial charge in [-0.05, 0) is 43.3 Å². The van der Waals surface area contributed by atoms with Crippen LogP contribution in [0.5, 0.6) is 5.75 Å². The summed E-state index contributed by atoms with van der Waals surface area (Å²) in [4.78, 5) is 2.46. The Hall–Kier alpha value is -1.45. The Labute approximate surface area is 124 Å². The third-order valence-electron chi connectivity index (χ3n) is 3.93. The number of hydrogen-bond acceptors (Lipinski definition) is 2. The third-order valence-corrected chi connectivity index (χ3v) is 4.18. The number of ether oxygens (including phenoxy) is 1. The van der Waals surface area contributed by atoms with E-state index in [4.69, 9.17) is 16.3 Å². The van der Waals surface area contributed by atoms with Crippen LogP contribution in [-0.2, 0) is 6.54 Å². The number of hydrogen-bond donors (Lipinski definition) is 0. The maximum atomic E-state index is 5.86. The highest BCUT2D eigenvalue weighted by Crippen LogP contribution is 2.24. The molecule has 0 bridgehead atoms. The van der Waals surface area contributed by atoms with Gasteiger partial charge in [-0.1, -0.05) is 11.6 Å². The molecule has 106 valence electrons. The van der Waals surface area contributed by atoms with Gasteiger partial charge >= 0.3 is 0 Å². The van der Waals surface area contributed by atoms with E-state index in [2.05, 4.69) is 34.7 Å². The van der Waals surface area contributed by atoms with Crippen molar-refractivity contribution in [1.29, 1.82) is 0 Å². The maximum absolute atomic E-state index is 5.86. The fourth-order valence-electron chi connectivity index (χ4n) is 2.74. The van der Waals surface area contributed by atoms with E-state index in [0.29, 0.717) is 12.6 Å². The number of benzene rings is 1. The second kappa shape index (κ2) is 5.90. The van der Waals surface area contributed by atoms with Crippen molar-refractivity contribution in [2.24, 2.45) is 0 Å². The van der Waals surface area contributed by atoms with E-state index in [9.17, 15) is 0 Å². The van der Waals surface area contributed by atoms with Crippen molar-refractivity contribution in [3.05, 3.63) is 53.3 Å². The van der Waals surface area contributed by atoms with Crippen LogP contribution in [0.1, 0.15) is 18.7 Å². The van der Waals surface area contributed by atoms with Crippen LogP contribution in [0.25, 0.3) is 0 Å². The lowest BCUT2D eigenvalue weighted by molar-refractivity contribution is 0.139. The minimum Gasteiger partial charge on any atom is -0.492 e. The lowest BCUT2D eigenvalue weighted by Crippen LogP contribution is -2.38. The molecule has 0 radical (unpaired) electrons. The molecule has 1 aliphatic heterocycles. The summed E-state index contributed by atoms with van der Waals surface area (Å²) in [7, 11) is 0. The van der Waals surface area contributed by atoms with Gasteiger partial charge in [0.2, 0.25) is 0 Å². The highest BCUT2D eigenvalue weighted by molar-refractivity contribution is 6.30. The molecule has 1 aromatic carbocycles. The first-order valence-corrected chi connectivity index (χ1v) is 7.39. The standard InChI is InChI=1S/C16H19ClN2O/c1-13-16-3-2-8-19(16)10-9-18(13)11-12-20-15-6-4-14(17)5-7-15/h2-8,13H,9-12H2,1H3. The van der Waals surface area contributed by atoms with Crippen LogP contribution in [0.3, 0.4) is 0 Å². The van der Waals surface area contributed by atoms with Gasteiger partial charge in [0.25, 0.3) is 0 Å². The highest BCUT2D eigenvalue weighted by atomic mass is 35.5. The van der Waals surface area contributed by atoms with Crippen LogP contribution >= 0.6 is 11.6 Å². The van der Waals surface area contributed by atoms with Crippen LogP contribution in [0.15, 0.2) is 42.6 Å². The number of aromatic nitrogens is 1. The SMILES string of the molecule is CC1c2cccn2CCN1CCOc1ccc(Cl)cc1. The lowest BCUT2D eigenvalue weighted by atomic mass is 10.1. The molecule has 1 aromatic heterocycles. The summed E-state index contributed by atoms with van der Waals surface area (Å²) < 4.78 is 8.11. The Balaban J connectivity index is 1.53. The summed E-state index contributed by atoms with van der Waals surface area (Å²) in [6.45, 7) is 6.04. The van der Waals surface area contributed by atoms with E-state index in [-0.39, 0.29) is 0 Å². The van der Waals surface area contributed by atoms with Crippen LogP contribution in [-0.4, -0.2) is 29.2 Å². The topological polar surface area (TPSA) is 17.4 Å². The first kappa shape index (κ1) is 13.5. The molecule has 0 N–H and O–H groups in total. The van der Waals surface area contributed by atoms with Crippen LogP contribution in [0.4, 0.5) is 0 Å². The fourth-order valence-corrected chi connectivity index (χ4v) is 2.87. The summed E-state index contributed by atoms with van der Waals surface area (Å²) in [6, 6.07) is 12.3. The zero-order chi connectivity index (χ0) is 13.9. The Morgan fingerprint density at radius 2 is 2.00 bits per heavy atom. The predicted octanol–water partition coefficient (Wildman–Crippen LogP) is 3.60. The van der Waals surface area contributed by atoms with Gasteiger partial charge in [0.05, 0.1) is 0 Å². The normalized spacial score (nSPS) is 18.8. The molecule has 0 saturated heterocycles. The summed E-state index contributed by atoms with van der Waals surface area (Å²) in [6.07, 6.45) is 2.16. The molecule has 2 heterocycles. The smallest absolute Gasteiger partial charge is 0.119 e. The second-order valence-corrected chi connectivity index (χ2v) is 5.58. The molecule has 1 unspecified atom stereocenters. The molecule has 0 spiro atoms. The van der Waals surface area contributed by atoms with Gasteiger partial charge in [0.1, 0.15) is 12.4 Å². The first-order valence-electron chi connectivity index (χ1n) is 7.01. The minimum atomic E-state index is 0.451. The molecule has 20 heavy (non-hydrogen) atoms. The summed E-state index contributed by atoms with van der Waals surface area (Å²) in [5, 5.41) is 0.739. The van der Waals surface area contributed by atoms with Crippen molar-refractivity contribution >= 4 is 11.6 Å².